The lowest BCUT2D eigenvalue weighted by molar-refractivity contribution is -0.141. The Morgan fingerprint density at radius 1 is 1.07 bits per heavy atom. The number of rotatable bonds is 4. The van der Waals surface area contributed by atoms with Gasteiger partial charge in [-0.05, 0) is 35.9 Å². The lowest BCUT2D eigenvalue weighted by atomic mass is 9.81. The summed E-state index contributed by atoms with van der Waals surface area (Å²) in [6.45, 7) is 1.73. The van der Waals surface area contributed by atoms with Crippen molar-refractivity contribution in [2.75, 3.05) is 13.1 Å². The number of hydrogen-bond donors (Lipinski definition) is 1. The minimum Gasteiger partial charge on any atom is -0.481 e. The van der Waals surface area contributed by atoms with E-state index in [0.29, 0.717) is 19.6 Å². The molecule has 154 valence electrons. The van der Waals surface area contributed by atoms with Crippen molar-refractivity contribution in [3.8, 4) is 10.4 Å². The minimum absolute atomic E-state index is 0.00946. The molecule has 0 saturated carbocycles. The number of hydrogen-bond acceptors (Lipinski definition) is 4. The molecule has 2 bridgehead atoms. The van der Waals surface area contributed by atoms with Crippen molar-refractivity contribution in [1.29, 1.82) is 0 Å². The first kappa shape index (κ1) is 19.1. The first-order valence-corrected chi connectivity index (χ1v) is 11.0. The van der Waals surface area contributed by atoms with Gasteiger partial charge in [0.05, 0.1) is 6.42 Å². The van der Waals surface area contributed by atoms with Gasteiger partial charge < -0.3 is 14.6 Å². The number of carboxylic acids is 1. The van der Waals surface area contributed by atoms with Crippen molar-refractivity contribution >= 4 is 33.3 Å². The second-order valence-electron chi connectivity index (χ2n) is 8.22. The Balaban J connectivity index is 1.53. The molecule has 2 aliphatic heterocycles. The van der Waals surface area contributed by atoms with Crippen molar-refractivity contribution in [2.24, 2.45) is 5.92 Å². The fraction of sp³-hybridized carbons (Fsp3) is 0.348. The summed E-state index contributed by atoms with van der Waals surface area (Å²) >= 11 is 1.72. The van der Waals surface area contributed by atoms with Crippen LogP contribution in [0, 0.1) is 5.92 Å². The normalized spacial score (nSPS) is 20.2. The summed E-state index contributed by atoms with van der Waals surface area (Å²) in [7, 11) is 0. The Kier molecular flexibility index (Phi) is 4.70. The first-order valence-electron chi connectivity index (χ1n) is 10.2. The van der Waals surface area contributed by atoms with Gasteiger partial charge in [-0.1, -0.05) is 18.2 Å². The van der Waals surface area contributed by atoms with Crippen LogP contribution >= 0.6 is 11.3 Å². The van der Waals surface area contributed by atoms with E-state index in [1.54, 1.807) is 22.3 Å². The molecule has 1 fully saturated rings. The minimum atomic E-state index is -0.954. The molecule has 6 nitrogen and oxygen atoms in total. The third-order valence-corrected chi connectivity index (χ3v) is 7.34. The number of piperidine rings is 1. The van der Waals surface area contributed by atoms with Gasteiger partial charge in [-0.2, -0.15) is 0 Å². The number of likely N-dealkylation sites (tertiary alicyclic amines) is 1. The molecule has 4 heterocycles. The summed E-state index contributed by atoms with van der Waals surface area (Å²) in [6.07, 6.45) is 0.831. The maximum atomic E-state index is 12.7. The highest BCUT2D eigenvalue weighted by molar-refractivity contribution is 7.22. The molecule has 2 unspecified atom stereocenters. The predicted octanol–water partition coefficient (Wildman–Crippen LogP) is 3.54. The van der Waals surface area contributed by atoms with E-state index in [0.717, 1.165) is 22.6 Å². The van der Waals surface area contributed by atoms with E-state index in [-0.39, 0.29) is 36.1 Å². The largest absolute Gasteiger partial charge is 0.481 e. The van der Waals surface area contributed by atoms with Gasteiger partial charge in [0.1, 0.15) is 0 Å². The van der Waals surface area contributed by atoms with Crippen LogP contribution in [0.25, 0.3) is 20.5 Å². The van der Waals surface area contributed by atoms with Crippen LogP contribution in [0.2, 0.25) is 0 Å². The smallest absolute Gasteiger partial charge is 0.303 e. The van der Waals surface area contributed by atoms with Gasteiger partial charge in [0.15, 0.2) is 0 Å². The maximum absolute atomic E-state index is 12.7. The van der Waals surface area contributed by atoms with Gasteiger partial charge in [0.25, 0.3) is 5.56 Å². The molecule has 30 heavy (non-hydrogen) atoms. The number of nitrogens with zero attached hydrogens (tertiary/aromatic N) is 2. The Morgan fingerprint density at radius 3 is 2.70 bits per heavy atom. The van der Waals surface area contributed by atoms with E-state index in [4.69, 9.17) is 5.11 Å². The molecule has 3 aromatic rings. The first-order chi connectivity index (χ1) is 14.5. The fourth-order valence-corrected chi connectivity index (χ4v) is 6.01. The number of carboxylic acid groups (broad SMARTS) is 1. The Morgan fingerprint density at radius 2 is 1.90 bits per heavy atom. The maximum Gasteiger partial charge on any atom is 0.303 e. The molecule has 2 aliphatic rings. The summed E-state index contributed by atoms with van der Waals surface area (Å²) in [4.78, 5) is 39.0. The third kappa shape index (κ3) is 3.33. The average molecular weight is 423 g/mol. The summed E-state index contributed by atoms with van der Waals surface area (Å²) in [5.74, 6) is -0.757. The van der Waals surface area contributed by atoms with Gasteiger partial charge in [-0.15, -0.1) is 11.3 Å². The van der Waals surface area contributed by atoms with Crippen molar-refractivity contribution in [3.63, 3.8) is 0 Å². The highest BCUT2D eigenvalue weighted by atomic mass is 32.1. The van der Waals surface area contributed by atoms with Crippen LogP contribution in [0.5, 0.6) is 0 Å². The van der Waals surface area contributed by atoms with Crippen molar-refractivity contribution in [1.82, 2.24) is 9.47 Å². The SMILES string of the molecule is O=C(O)CCC(=O)N1CC2CC(C1)c1c(-c3cc4ccccc4s3)ccc(=O)n1C2. The molecule has 5 rings (SSSR count). The molecule has 1 amide bonds. The number of amides is 1. The second-order valence-corrected chi connectivity index (χ2v) is 9.30. The zero-order valence-corrected chi connectivity index (χ0v) is 17.2. The molecule has 1 aromatic carbocycles. The lowest BCUT2D eigenvalue weighted by Gasteiger charge is -2.43. The molecule has 2 aromatic heterocycles. The summed E-state index contributed by atoms with van der Waals surface area (Å²) in [5, 5.41) is 10.1. The molecule has 7 heteroatoms. The average Bonchev–Trinajstić information content (AvgIpc) is 3.16. The van der Waals surface area contributed by atoms with Gasteiger partial charge in [0, 0.05) is 58.9 Å². The summed E-state index contributed by atoms with van der Waals surface area (Å²) < 4.78 is 3.11. The molecular formula is C23H22N2O4S. The number of aromatic nitrogens is 1. The quantitative estimate of drug-likeness (QED) is 0.697. The molecule has 2 atom stereocenters. The molecular weight excluding hydrogens is 400 g/mol. The van der Waals surface area contributed by atoms with E-state index in [2.05, 4.69) is 18.2 Å². The van der Waals surface area contributed by atoms with Crippen molar-refractivity contribution in [3.05, 3.63) is 58.5 Å². The topological polar surface area (TPSA) is 79.6 Å². The van der Waals surface area contributed by atoms with Gasteiger partial charge in [-0.3, -0.25) is 14.4 Å². The highest BCUT2D eigenvalue weighted by Crippen LogP contribution is 2.42. The van der Waals surface area contributed by atoms with E-state index in [1.807, 2.05) is 22.8 Å². The zero-order valence-electron chi connectivity index (χ0n) is 16.4. The number of carbonyl (C=O) groups excluding carboxylic acids is 1. The molecule has 1 saturated heterocycles. The van der Waals surface area contributed by atoms with Crippen LogP contribution in [-0.4, -0.2) is 39.5 Å². The van der Waals surface area contributed by atoms with E-state index >= 15 is 0 Å². The zero-order chi connectivity index (χ0) is 20.8. The van der Waals surface area contributed by atoms with Crippen molar-refractivity contribution < 1.29 is 14.7 Å². The highest BCUT2D eigenvalue weighted by Gasteiger charge is 2.37. The Hall–Kier alpha value is -2.93. The number of benzene rings is 1. The fourth-order valence-electron chi connectivity index (χ4n) is 4.91. The predicted molar refractivity (Wildman–Crippen MR) is 116 cm³/mol. The van der Waals surface area contributed by atoms with Crippen LogP contribution in [0.15, 0.2) is 47.3 Å². The monoisotopic (exact) mass is 422 g/mol. The van der Waals surface area contributed by atoms with Crippen LogP contribution in [0.4, 0.5) is 0 Å². The Bertz CT molecular complexity index is 1180. The van der Waals surface area contributed by atoms with Crippen LogP contribution in [0.3, 0.4) is 0 Å². The van der Waals surface area contributed by atoms with Crippen LogP contribution in [-0.2, 0) is 16.1 Å². The number of thiophene rings is 1. The standard InChI is InChI=1S/C23H22N2O4S/c26-20(7-8-22(28)29)24-11-14-9-16(13-24)23-17(5-6-21(27)25(23)12-14)19-10-15-3-1-2-4-18(15)30-19/h1-6,10,14,16H,7-9,11-13H2,(H,28,29). The summed E-state index contributed by atoms with van der Waals surface area (Å²) in [6, 6.07) is 14.0. The van der Waals surface area contributed by atoms with E-state index < -0.39 is 5.97 Å². The molecule has 0 spiro atoms. The summed E-state index contributed by atoms with van der Waals surface area (Å²) in [5.41, 5.74) is 2.09. The van der Waals surface area contributed by atoms with Gasteiger partial charge in [0.2, 0.25) is 5.91 Å². The molecule has 1 N–H and O–H groups in total. The van der Waals surface area contributed by atoms with Crippen LogP contribution < -0.4 is 5.56 Å². The number of aliphatic carboxylic acids is 1. The third-order valence-electron chi connectivity index (χ3n) is 6.19. The van der Waals surface area contributed by atoms with Gasteiger partial charge in [-0.25, -0.2) is 0 Å². The van der Waals surface area contributed by atoms with Gasteiger partial charge >= 0.3 is 5.97 Å². The van der Waals surface area contributed by atoms with E-state index in [9.17, 15) is 14.4 Å². The molecule has 0 aliphatic carbocycles. The van der Waals surface area contributed by atoms with Crippen molar-refractivity contribution in [2.45, 2.75) is 31.7 Å². The lowest BCUT2D eigenvalue weighted by Crippen LogP contribution is -2.49. The number of carbonyl (C=O) groups is 2. The molecule has 0 radical (unpaired) electrons. The van der Waals surface area contributed by atoms with Crippen LogP contribution in [0.1, 0.15) is 30.9 Å². The Labute approximate surface area is 177 Å². The second kappa shape index (κ2) is 7.40. The number of fused-ring (bicyclic) bond motifs is 5. The number of pyridine rings is 1. The van der Waals surface area contributed by atoms with E-state index in [1.165, 1.54) is 10.1 Å².